The molecule has 2 atom stereocenters. The molecular weight excluding hydrogens is 200 g/mol. The Hall–Kier alpha value is -0.120. The van der Waals surface area contributed by atoms with Gasteiger partial charge in [-0.25, -0.2) is 0 Å². The van der Waals surface area contributed by atoms with Gasteiger partial charge in [0.05, 0.1) is 6.61 Å². The van der Waals surface area contributed by atoms with Gasteiger partial charge in [0, 0.05) is 18.6 Å². The molecule has 0 heterocycles. The zero-order chi connectivity index (χ0) is 12.0. The first-order valence-electron chi connectivity index (χ1n) is 6.69. The van der Waals surface area contributed by atoms with Gasteiger partial charge < -0.3 is 16.2 Å². The molecule has 1 saturated carbocycles. The zero-order valence-electron chi connectivity index (χ0n) is 10.8. The topological polar surface area (TPSA) is 58.3 Å². The Balaban J connectivity index is 2.53. The van der Waals surface area contributed by atoms with E-state index < -0.39 is 0 Å². The van der Waals surface area contributed by atoms with E-state index in [-0.39, 0.29) is 12.1 Å². The molecule has 0 aromatic heterocycles. The van der Waals surface area contributed by atoms with Crippen molar-refractivity contribution < 1.29 is 5.11 Å². The average molecular weight is 228 g/mol. The molecule has 3 heteroatoms. The predicted octanol–water partition coefficient (Wildman–Crippen LogP) is 1.50. The third kappa shape index (κ3) is 3.72. The first kappa shape index (κ1) is 13.9. The summed E-state index contributed by atoms with van der Waals surface area (Å²) in [7, 11) is 0. The predicted molar refractivity (Wildman–Crippen MR) is 68.3 cm³/mol. The largest absolute Gasteiger partial charge is 0.395 e. The summed E-state index contributed by atoms with van der Waals surface area (Å²) < 4.78 is 0. The van der Waals surface area contributed by atoms with Crippen LogP contribution in [0.1, 0.15) is 46.0 Å². The van der Waals surface area contributed by atoms with E-state index in [1.807, 2.05) is 0 Å². The van der Waals surface area contributed by atoms with E-state index in [9.17, 15) is 0 Å². The fraction of sp³-hybridized carbons (Fsp3) is 1.00. The molecule has 3 nitrogen and oxygen atoms in total. The van der Waals surface area contributed by atoms with Crippen molar-refractivity contribution in [1.29, 1.82) is 0 Å². The molecule has 0 spiro atoms. The molecule has 0 radical (unpaired) electrons. The molecule has 1 aliphatic rings. The molecule has 1 rings (SSSR count). The van der Waals surface area contributed by atoms with Crippen LogP contribution in [0, 0.1) is 11.8 Å². The molecule has 0 aromatic rings. The van der Waals surface area contributed by atoms with E-state index in [1.165, 1.54) is 19.3 Å². The van der Waals surface area contributed by atoms with Crippen molar-refractivity contribution in [3.05, 3.63) is 0 Å². The molecular formula is C13H28N2O. The van der Waals surface area contributed by atoms with Gasteiger partial charge in [-0.15, -0.1) is 0 Å². The van der Waals surface area contributed by atoms with Crippen LogP contribution in [0.2, 0.25) is 0 Å². The Morgan fingerprint density at radius 3 is 2.69 bits per heavy atom. The minimum Gasteiger partial charge on any atom is -0.395 e. The second-order valence-electron chi connectivity index (χ2n) is 5.57. The number of nitrogens with one attached hydrogen (secondary N) is 1. The van der Waals surface area contributed by atoms with Crippen LogP contribution in [0.15, 0.2) is 0 Å². The van der Waals surface area contributed by atoms with E-state index in [0.717, 1.165) is 24.7 Å². The van der Waals surface area contributed by atoms with Gasteiger partial charge in [-0.1, -0.05) is 26.7 Å². The normalized spacial score (nSPS) is 31.7. The second-order valence-corrected chi connectivity index (χ2v) is 5.57. The summed E-state index contributed by atoms with van der Waals surface area (Å²) in [6.07, 6.45) is 6.19. The standard InChI is InChI=1S/C13H28N2O/c1-11(2)12-4-3-6-13(10-14,7-5-12)15-8-9-16/h11-12,15-16H,3-10,14H2,1-2H3. The lowest BCUT2D eigenvalue weighted by Gasteiger charge is -2.33. The SMILES string of the molecule is CC(C)C1CCCC(CN)(NCCO)CC1. The smallest absolute Gasteiger partial charge is 0.0556 e. The number of rotatable bonds is 5. The van der Waals surface area contributed by atoms with Gasteiger partial charge in [0.1, 0.15) is 0 Å². The lowest BCUT2D eigenvalue weighted by atomic mass is 9.86. The Morgan fingerprint density at radius 1 is 1.38 bits per heavy atom. The summed E-state index contributed by atoms with van der Waals surface area (Å²) in [5.74, 6) is 1.63. The number of hydrogen-bond acceptors (Lipinski definition) is 3. The van der Waals surface area contributed by atoms with Crippen LogP contribution < -0.4 is 11.1 Å². The lowest BCUT2D eigenvalue weighted by Crippen LogP contribution is -2.51. The van der Waals surface area contributed by atoms with Gasteiger partial charge >= 0.3 is 0 Å². The maximum atomic E-state index is 8.91. The summed E-state index contributed by atoms with van der Waals surface area (Å²) >= 11 is 0. The zero-order valence-corrected chi connectivity index (χ0v) is 10.8. The third-order valence-corrected chi connectivity index (χ3v) is 4.17. The summed E-state index contributed by atoms with van der Waals surface area (Å²) in [5, 5.41) is 12.4. The molecule has 16 heavy (non-hydrogen) atoms. The van der Waals surface area contributed by atoms with Crippen molar-refractivity contribution in [3.8, 4) is 0 Å². The summed E-state index contributed by atoms with van der Waals surface area (Å²) in [4.78, 5) is 0. The third-order valence-electron chi connectivity index (χ3n) is 4.17. The van der Waals surface area contributed by atoms with Crippen molar-refractivity contribution in [2.75, 3.05) is 19.7 Å². The highest BCUT2D eigenvalue weighted by atomic mass is 16.3. The number of β-amino-alcohol motifs (C(OH)–C–C–N with tert-alkyl or cyclic N) is 1. The molecule has 1 aliphatic carbocycles. The van der Waals surface area contributed by atoms with Crippen LogP contribution >= 0.6 is 0 Å². The maximum Gasteiger partial charge on any atom is 0.0556 e. The summed E-state index contributed by atoms with van der Waals surface area (Å²) in [5.41, 5.74) is 6.02. The van der Waals surface area contributed by atoms with E-state index in [4.69, 9.17) is 10.8 Å². The van der Waals surface area contributed by atoms with E-state index in [2.05, 4.69) is 19.2 Å². The first-order chi connectivity index (χ1) is 7.63. The van der Waals surface area contributed by atoms with Crippen LogP contribution in [0.3, 0.4) is 0 Å². The van der Waals surface area contributed by atoms with Gasteiger partial charge in [0.2, 0.25) is 0 Å². The van der Waals surface area contributed by atoms with Gasteiger partial charge in [0.15, 0.2) is 0 Å². The molecule has 0 aromatic carbocycles. The fourth-order valence-corrected chi connectivity index (χ4v) is 2.87. The fourth-order valence-electron chi connectivity index (χ4n) is 2.87. The van der Waals surface area contributed by atoms with Gasteiger partial charge in [0.25, 0.3) is 0 Å². The van der Waals surface area contributed by atoms with Gasteiger partial charge in [-0.05, 0) is 31.1 Å². The quantitative estimate of drug-likeness (QED) is 0.625. The number of hydrogen-bond donors (Lipinski definition) is 3. The number of aliphatic hydroxyl groups excluding tert-OH is 1. The van der Waals surface area contributed by atoms with Crippen LogP contribution in [0.25, 0.3) is 0 Å². The Morgan fingerprint density at radius 2 is 2.12 bits per heavy atom. The van der Waals surface area contributed by atoms with Crippen molar-refractivity contribution >= 4 is 0 Å². The first-order valence-corrected chi connectivity index (χ1v) is 6.69. The Kier molecular flexibility index (Phi) is 5.73. The van der Waals surface area contributed by atoms with Gasteiger partial charge in [-0.3, -0.25) is 0 Å². The number of aliphatic hydroxyl groups is 1. The van der Waals surface area contributed by atoms with Crippen LogP contribution in [0.4, 0.5) is 0 Å². The summed E-state index contributed by atoms with van der Waals surface area (Å²) in [6.45, 7) is 6.21. The second kappa shape index (κ2) is 6.58. The molecule has 96 valence electrons. The molecule has 0 aliphatic heterocycles. The van der Waals surface area contributed by atoms with E-state index >= 15 is 0 Å². The highest BCUT2D eigenvalue weighted by Gasteiger charge is 2.31. The van der Waals surface area contributed by atoms with Crippen molar-refractivity contribution in [3.63, 3.8) is 0 Å². The van der Waals surface area contributed by atoms with Crippen LogP contribution in [-0.4, -0.2) is 30.3 Å². The van der Waals surface area contributed by atoms with Crippen molar-refractivity contribution in [2.45, 2.75) is 51.5 Å². The molecule has 0 bridgehead atoms. The summed E-state index contributed by atoms with van der Waals surface area (Å²) in [6, 6.07) is 0. The molecule has 1 fully saturated rings. The highest BCUT2D eigenvalue weighted by Crippen LogP contribution is 2.33. The maximum absolute atomic E-state index is 8.91. The number of nitrogens with two attached hydrogens (primary N) is 1. The van der Waals surface area contributed by atoms with Crippen LogP contribution in [-0.2, 0) is 0 Å². The Labute approximate surface area is 99.8 Å². The molecule has 0 amide bonds. The Bertz CT molecular complexity index is 196. The van der Waals surface area contributed by atoms with Crippen molar-refractivity contribution in [2.24, 2.45) is 17.6 Å². The van der Waals surface area contributed by atoms with E-state index in [1.54, 1.807) is 0 Å². The van der Waals surface area contributed by atoms with E-state index in [0.29, 0.717) is 13.1 Å². The molecule has 4 N–H and O–H groups in total. The highest BCUT2D eigenvalue weighted by molar-refractivity contribution is 4.92. The van der Waals surface area contributed by atoms with Crippen LogP contribution in [0.5, 0.6) is 0 Å². The monoisotopic (exact) mass is 228 g/mol. The minimum atomic E-state index is 0.0897. The average Bonchev–Trinajstić information content (AvgIpc) is 2.49. The molecule has 0 saturated heterocycles. The molecule has 2 unspecified atom stereocenters. The minimum absolute atomic E-state index is 0.0897. The van der Waals surface area contributed by atoms with Crippen molar-refractivity contribution in [1.82, 2.24) is 5.32 Å². The van der Waals surface area contributed by atoms with Gasteiger partial charge in [-0.2, -0.15) is 0 Å². The lowest BCUT2D eigenvalue weighted by molar-refractivity contribution is 0.233.